The van der Waals surface area contributed by atoms with E-state index in [4.69, 9.17) is 11.2 Å². The lowest BCUT2D eigenvalue weighted by Gasteiger charge is -2.32. The molecule has 1 fully saturated rings. The number of benzene rings is 1. The van der Waals surface area contributed by atoms with Gasteiger partial charge in [-0.15, -0.1) is 6.42 Å². The van der Waals surface area contributed by atoms with Crippen LogP contribution in [0.3, 0.4) is 0 Å². The van der Waals surface area contributed by atoms with E-state index in [2.05, 4.69) is 27.8 Å². The van der Waals surface area contributed by atoms with Crippen LogP contribution < -0.4 is 4.74 Å². The van der Waals surface area contributed by atoms with Crippen molar-refractivity contribution in [2.45, 2.75) is 6.92 Å². The number of nitrogens with zero attached hydrogens (tertiary/aromatic N) is 3. The number of rotatable bonds is 6. The maximum atomic E-state index is 6.01. The van der Waals surface area contributed by atoms with Gasteiger partial charge in [-0.2, -0.15) is 0 Å². The molecule has 0 aromatic heterocycles. The number of para-hydroxylation sites is 1. The number of hydrogen-bond donors (Lipinski definition) is 0. The Morgan fingerprint density at radius 2 is 2.04 bits per heavy atom. The Bertz CT molecular complexity index is 593. The van der Waals surface area contributed by atoms with Gasteiger partial charge >= 0.3 is 0 Å². The number of allylic oxidation sites excluding steroid dienone is 1. The Balaban J connectivity index is 1.95. The van der Waals surface area contributed by atoms with E-state index in [1.807, 2.05) is 37.3 Å². The van der Waals surface area contributed by atoms with Gasteiger partial charge in [0, 0.05) is 38.3 Å². The standard InChI is InChI=1S/C19H25N3O/c1-4-10-20-18(5-2)17-8-6-7-9-19(17)23-16-15-22-13-11-21(3)12-14-22/h1,5-10H,11-16H2,2-3H3/b18-5-,20-10?. The van der Waals surface area contributed by atoms with Gasteiger partial charge in [0.15, 0.2) is 0 Å². The van der Waals surface area contributed by atoms with E-state index < -0.39 is 0 Å². The summed E-state index contributed by atoms with van der Waals surface area (Å²) < 4.78 is 6.01. The minimum Gasteiger partial charge on any atom is -0.492 e. The van der Waals surface area contributed by atoms with Crippen LogP contribution in [0.4, 0.5) is 0 Å². The molecule has 0 spiro atoms. The highest BCUT2D eigenvalue weighted by Gasteiger charge is 2.14. The van der Waals surface area contributed by atoms with E-state index >= 15 is 0 Å². The fourth-order valence-corrected chi connectivity index (χ4v) is 2.57. The molecule has 1 aliphatic rings. The highest BCUT2D eigenvalue weighted by molar-refractivity contribution is 5.84. The van der Waals surface area contributed by atoms with Crippen molar-refractivity contribution in [2.24, 2.45) is 4.99 Å². The van der Waals surface area contributed by atoms with Gasteiger partial charge in [0.25, 0.3) is 0 Å². The zero-order chi connectivity index (χ0) is 16.5. The second-order valence-electron chi connectivity index (χ2n) is 5.59. The van der Waals surface area contributed by atoms with Gasteiger partial charge in [-0.05, 0) is 26.1 Å². The van der Waals surface area contributed by atoms with Crippen molar-refractivity contribution >= 4 is 11.9 Å². The van der Waals surface area contributed by atoms with Crippen molar-refractivity contribution < 1.29 is 4.74 Å². The average molecular weight is 311 g/mol. The van der Waals surface area contributed by atoms with Gasteiger partial charge in [0.05, 0.1) is 11.9 Å². The highest BCUT2D eigenvalue weighted by atomic mass is 16.5. The topological polar surface area (TPSA) is 28.1 Å². The van der Waals surface area contributed by atoms with E-state index in [0.29, 0.717) is 6.61 Å². The molecule has 0 aliphatic carbocycles. The van der Waals surface area contributed by atoms with Gasteiger partial charge in [-0.3, -0.25) is 4.90 Å². The molecule has 0 atom stereocenters. The number of likely N-dealkylation sites (N-methyl/N-ethyl adjacent to an activating group) is 1. The Labute approximate surface area is 139 Å². The summed E-state index contributed by atoms with van der Waals surface area (Å²) in [7, 11) is 2.17. The fraction of sp³-hybridized carbons (Fsp3) is 0.421. The monoisotopic (exact) mass is 311 g/mol. The lowest BCUT2D eigenvalue weighted by atomic mass is 10.1. The number of hydrogen-bond acceptors (Lipinski definition) is 4. The minimum absolute atomic E-state index is 0.677. The molecule has 0 amide bonds. The molecule has 0 saturated carbocycles. The van der Waals surface area contributed by atoms with Gasteiger partial charge in [-0.1, -0.05) is 24.1 Å². The quantitative estimate of drug-likeness (QED) is 0.596. The molecule has 1 heterocycles. The summed E-state index contributed by atoms with van der Waals surface area (Å²) in [6, 6.07) is 7.95. The van der Waals surface area contributed by atoms with Crippen molar-refractivity contribution in [2.75, 3.05) is 46.4 Å². The summed E-state index contributed by atoms with van der Waals surface area (Å²) in [6.07, 6.45) is 8.66. The molecule has 1 saturated heterocycles. The van der Waals surface area contributed by atoms with E-state index in [1.54, 1.807) is 0 Å². The third kappa shape index (κ3) is 5.24. The van der Waals surface area contributed by atoms with E-state index in [0.717, 1.165) is 49.7 Å². The molecule has 0 unspecified atom stereocenters. The first kappa shape index (κ1) is 17.3. The number of ether oxygens (including phenoxy) is 1. The predicted octanol–water partition coefficient (Wildman–Crippen LogP) is 2.38. The first-order chi connectivity index (χ1) is 11.2. The van der Waals surface area contributed by atoms with Gasteiger partial charge in [0.2, 0.25) is 0 Å². The number of piperazine rings is 1. The molecule has 23 heavy (non-hydrogen) atoms. The van der Waals surface area contributed by atoms with Crippen LogP contribution in [-0.4, -0.2) is 62.4 Å². The number of aliphatic imine (C=N–C) groups is 1. The molecule has 1 aromatic carbocycles. The zero-order valence-corrected chi connectivity index (χ0v) is 14.0. The van der Waals surface area contributed by atoms with E-state index in [-0.39, 0.29) is 0 Å². The smallest absolute Gasteiger partial charge is 0.128 e. The first-order valence-corrected chi connectivity index (χ1v) is 8.02. The summed E-state index contributed by atoms with van der Waals surface area (Å²) in [5.74, 6) is 3.28. The SMILES string of the molecule is C#CC=N/C(=C\C)c1ccccc1OCCN1CCN(C)CC1. The van der Waals surface area contributed by atoms with Crippen LogP contribution in [-0.2, 0) is 0 Å². The highest BCUT2D eigenvalue weighted by Crippen LogP contribution is 2.26. The van der Waals surface area contributed by atoms with Crippen LogP contribution in [0.5, 0.6) is 5.75 Å². The van der Waals surface area contributed by atoms with Crippen LogP contribution in [0.25, 0.3) is 5.70 Å². The molecule has 0 N–H and O–H groups in total. The van der Waals surface area contributed by atoms with E-state index in [9.17, 15) is 0 Å². The van der Waals surface area contributed by atoms with Gasteiger partial charge < -0.3 is 9.64 Å². The third-order valence-electron chi connectivity index (χ3n) is 3.98. The van der Waals surface area contributed by atoms with Crippen LogP contribution in [0.2, 0.25) is 0 Å². The van der Waals surface area contributed by atoms with Gasteiger partial charge in [-0.25, -0.2) is 4.99 Å². The first-order valence-electron chi connectivity index (χ1n) is 8.02. The van der Waals surface area contributed by atoms with Crippen LogP contribution in [0.15, 0.2) is 35.3 Å². The van der Waals surface area contributed by atoms with Crippen molar-refractivity contribution in [3.63, 3.8) is 0 Å². The average Bonchev–Trinajstić information content (AvgIpc) is 2.58. The van der Waals surface area contributed by atoms with Crippen molar-refractivity contribution in [1.29, 1.82) is 0 Å². The normalized spacial score (nSPS) is 17.3. The Hall–Kier alpha value is -2.09. The zero-order valence-electron chi connectivity index (χ0n) is 14.0. The lowest BCUT2D eigenvalue weighted by molar-refractivity contribution is 0.133. The fourth-order valence-electron chi connectivity index (χ4n) is 2.57. The molecule has 122 valence electrons. The molecular formula is C19H25N3O. The summed E-state index contributed by atoms with van der Waals surface area (Å²) >= 11 is 0. The van der Waals surface area contributed by atoms with Gasteiger partial charge in [0.1, 0.15) is 12.4 Å². The van der Waals surface area contributed by atoms with Crippen molar-refractivity contribution in [3.05, 3.63) is 35.9 Å². The maximum Gasteiger partial charge on any atom is 0.128 e. The molecule has 2 rings (SSSR count). The molecule has 1 aliphatic heterocycles. The third-order valence-corrected chi connectivity index (χ3v) is 3.98. The molecule has 0 radical (unpaired) electrons. The predicted molar refractivity (Wildman–Crippen MR) is 96.9 cm³/mol. The molecule has 1 aromatic rings. The Morgan fingerprint density at radius 3 is 2.74 bits per heavy atom. The molecule has 0 bridgehead atoms. The van der Waals surface area contributed by atoms with Crippen LogP contribution in [0, 0.1) is 12.3 Å². The van der Waals surface area contributed by atoms with Crippen molar-refractivity contribution in [3.8, 4) is 18.1 Å². The summed E-state index contributed by atoms with van der Waals surface area (Å²) in [5.41, 5.74) is 1.80. The maximum absolute atomic E-state index is 6.01. The largest absolute Gasteiger partial charge is 0.492 e. The molecule has 4 heteroatoms. The van der Waals surface area contributed by atoms with Crippen LogP contribution in [0.1, 0.15) is 12.5 Å². The summed E-state index contributed by atoms with van der Waals surface area (Å²) in [4.78, 5) is 9.10. The minimum atomic E-state index is 0.677. The second-order valence-corrected chi connectivity index (χ2v) is 5.59. The number of terminal acetylenes is 1. The Morgan fingerprint density at radius 1 is 1.30 bits per heavy atom. The van der Waals surface area contributed by atoms with Crippen LogP contribution >= 0.6 is 0 Å². The molecule has 4 nitrogen and oxygen atoms in total. The van der Waals surface area contributed by atoms with Crippen molar-refractivity contribution in [1.82, 2.24) is 9.80 Å². The van der Waals surface area contributed by atoms with E-state index in [1.165, 1.54) is 6.21 Å². The molecular weight excluding hydrogens is 286 g/mol. The summed E-state index contributed by atoms with van der Waals surface area (Å²) in [5, 5.41) is 0. The Kier molecular flexibility index (Phi) is 6.86. The second kappa shape index (κ2) is 9.14. The summed E-state index contributed by atoms with van der Waals surface area (Å²) in [6.45, 7) is 8.03. The lowest BCUT2D eigenvalue weighted by Crippen LogP contribution is -2.45.